The van der Waals surface area contributed by atoms with Gasteiger partial charge in [0.2, 0.25) is 0 Å². The van der Waals surface area contributed by atoms with E-state index in [4.69, 9.17) is 4.74 Å². The van der Waals surface area contributed by atoms with Crippen LogP contribution in [0.15, 0.2) is 24.3 Å². The summed E-state index contributed by atoms with van der Waals surface area (Å²) in [5.74, 6) is -0.835. The second-order valence-electron chi connectivity index (χ2n) is 6.09. The molecule has 2 rings (SSSR count). The van der Waals surface area contributed by atoms with Crippen LogP contribution in [0.3, 0.4) is 0 Å². The van der Waals surface area contributed by atoms with Gasteiger partial charge in [0.25, 0.3) is 5.91 Å². The Morgan fingerprint density at radius 2 is 1.79 bits per heavy atom. The predicted octanol–water partition coefficient (Wildman–Crippen LogP) is 3.56. The summed E-state index contributed by atoms with van der Waals surface area (Å²) in [7, 11) is 0. The minimum atomic E-state index is -4.46. The first-order valence-corrected chi connectivity index (χ1v) is 7.91. The van der Waals surface area contributed by atoms with Crippen LogP contribution in [0.5, 0.6) is 0 Å². The van der Waals surface area contributed by atoms with E-state index in [1.807, 2.05) is 0 Å². The number of hydrogen-bond donors (Lipinski definition) is 1. The number of hydrogen-bond acceptors (Lipinski definition) is 3. The standard InChI is InChI=1S/C17H20F3NO3/c1-11-4-2-3-5-14(11)21-15(22)10-24-16(23)12-6-8-13(9-7-12)17(18,19)20/h6-9,11,14H,2-5,10H2,1H3,(H,21,22)/t11-,14+/m1/s1. The van der Waals surface area contributed by atoms with Gasteiger partial charge in [-0.15, -0.1) is 0 Å². The maximum Gasteiger partial charge on any atom is 0.416 e. The van der Waals surface area contributed by atoms with Gasteiger partial charge in [0.1, 0.15) is 0 Å². The summed E-state index contributed by atoms with van der Waals surface area (Å²) in [5, 5.41) is 2.84. The molecule has 1 fully saturated rings. The number of carbonyl (C=O) groups is 2. The molecule has 0 aromatic heterocycles. The third-order valence-electron chi connectivity index (χ3n) is 4.24. The molecule has 1 amide bonds. The van der Waals surface area contributed by atoms with Crippen molar-refractivity contribution in [3.05, 3.63) is 35.4 Å². The molecule has 1 aliphatic rings. The summed E-state index contributed by atoms with van der Waals surface area (Å²) in [4.78, 5) is 23.6. The lowest BCUT2D eigenvalue weighted by Gasteiger charge is -2.29. The van der Waals surface area contributed by atoms with Crippen LogP contribution in [-0.4, -0.2) is 24.5 Å². The van der Waals surface area contributed by atoms with Crippen LogP contribution in [0, 0.1) is 5.92 Å². The topological polar surface area (TPSA) is 55.4 Å². The lowest BCUT2D eigenvalue weighted by molar-refractivity contribution is -0.137. The molecule has 132 valence electrons. The molecule has 1 aliphatic carbocycles. The van der Waals surface area contributed by atoms with E-state index in [2.05, 4.69) is 12.2 Å². The van der Waals surface area contributed by atoms with Gasteiger partial charge < -0.3 is 10.1 Å². The van der Waals surface area contributed by atoms with E-state index >= 15 is 0 Å². The zero-order valence-corrected chi connectivity index (χ0v) is 13.4. The number of carbonyl (C=O) groups excluding carboxylic acids is 2. The smallest absolute Gasteiger partial charge is 0.416 e. The average molecular weight is 343 g/mol. The Balaban J connectivity index is 1.83. The quantitative estimate of drug-likeness (QED) is 0.851. The van der Waals surface area contributed by atoms with Crippen LogP contribution in [0.1, 0.15) is 48.5 Å². The van der Waals surface area contributed by atoms with E-state index in [9.17, 15) is 22.8 Å². The second-order valence-corrected chi connectivity index (χ2v) is 6.09. The fourth-order valence-electron chi connectivity index (χ4n) is 2.79. The minimum Gasteiger partial charge on any atom is -0.452 e. The molecule has 0 unspecified atom stereocenters. The monoisotopic (exact) mass is 343 g/mol. The van der Waals surface area contributed by atoms with Crippen molar-refractivity contribution < 1.29 is 27.5 Å². The summed E-state index contributed by atoms with van der Waals surface area (Å²) in [6.07, 6.45) is -0.299. The third-order valence-corrected chi connectivity index (χ3v) is 4.24. The van der Waals surface area contributed by atoms with Gasteiger partial charge in [0.05, 0.1) is 11.1 Å². The molecule has 1 aromatic carbocycles. The molecule has 1 aromatic rings. The average Bonchev–Trinajstić information content (AvgIpc) is 2.54. The molecule has 0 aliphatic heterocycles. The second kappa shape index (κ2) is 7.68. The maximum atomic E-state index is 12.5. The van der Waals surface area contributed by atoms with Gasteiger partial charge >= 0.3 is 12.1 Å². The summed E-state index contributed by atoms with van der Waals surface area (Å²) in [6.45, 7) is 1.63. The molecule has 0 bridgehead atoms. The molecule has 2 atom stereocenters. The largest absolute Gasteiger partial charge is 0.452 e. The highest BCUT2D eigenvalue weighted by molar-refractivity contribution is 5.91. The number of nitrogens with one attached hydrogen (secondary N) is 1. The number of rotatable bonds is 4. The molecular weight excluding hydrogens is 323 g/mol. The number of alkyl halides is 3. The number of benzene rings is 1. The van der Waals surface area contributed by atoms with E-state index in [1.54, 1.807) is 0 Å². The molecule has 1 N–H and O–H groups in total. The van der Waals surface area contributed by atoms with E-state index in [-0.39, 0.29) is 11.6 Å². The first kappa shape index (κ1) is 18.3. The Kier molecular flexibility index (Phi) is 5.85. The first-order valence-electron chi connectivity index (χ1n) is 7.91. The zero-order chi connectivity index (χ0) is 17.7. The molecule has 7 heteroatoms. The number of esters is 1. The minimum absolute atomic E-state index is 0.0261. The van der Waals surface area contributed by atoms with Crippen molar-refractivity contribution in [3.63, 3.8) is 0 Å². The highest BCUT2D eigenvalue weighted by Crippen LogP contribution is 2.29. The van der Waals surface area contributed by atoms with Crippen LogP contribution in [0.25, 0.3) is 0 Å². The van der Waals surface area contributed by atoms with Crippen LogP contribution >= 0.6 is 0 Å². The van der Waals surface area contributed by atoms with E-state index < -0.39 is 30.2 Å². The Bertz CT molecular complexity index is 584. The molecule has 24 heavy (non-hydrogen) atoms. The SMILES string of the molecule is C[C@@H]1CCCC[C@@H]1NC(=O)COC(=O)c1ccc(C(F)(F)F)cc1. The first-order chi connectivity index (χ1) is 11.3. The van der Waals surface area contributed by atoms with Gasteiger partial charge in [-0.1, -0.05) is 19.8 Å². The molecule has 1 saturated carbocycles. The molecule has 0 spiro atoms. The van der Waals surface area contributed by atoms with Crippen molar-refractivity contribution in [1.29, 1.82) is 0 Å². The number of halogens is 3. The summed E-state index contributed by atoms with van der Waals surface area (Å²) in [5.41, 5.74) is -0.870. The van der Waals surface area contributed by atoms with Crippen molar-refractivity contribution in [2.75, 3.05) is 6.61 Å². The van der Waals surface area contributed by atoms with E-state index in [0.29, 0.717) is 5.92 Å². The molecule has 0 heterocycles. The van der Waals surface area contributed by atoms with Gasteiger partial charge in [0, 0.05) is 6.04 Å². The fourth-order valence-corrected chi connectivity index (χ4v) is 2.79. The Hall–Kier alpha value is -2.05. The number of amides is 1. The lowest BCUT2D eigenvalue weighted by Crippen LogP contribution is -2.42. The third kappa shape index (κ3) is 4.97. The Morgan fingerprint density at radius 1 is 1.17 bits per heavy atom. The molecule has 4 nitrogen and oxygen atoms in total. The van der Waals surface area contributed by atoms with Gasteiger partial charge in [0.15, 0.2) is 6.61 Å². The fraction of sp³-hybridized carbons (Fsp3) is 0.529. The molecule has 0 radical (unpaired) electrons. The van der Waals surface area contributed by atoms with Crippen molar-refractivity contribution in [2.24, 2.45) is 5.92 Å². The molecule has 0 saturated heterocycles. The van der Waals surface area contributed by atoms with Crippen molar-refractivity contribution >= 4 is 11.9 Å². The summed E-state index contributed by atoms with van der Waals surface area (Å²) >= 11 is 0. The van der Waals surface area contributed by atoms with Crippen LogP contribution in [0.2, 0.25) is 0 Å². The van der Waals surface area contributed by atoms with Gasteiger partial charge in [-0.05, 0) is 43.0 Å². The predicted molar refractivity (Wildman–Crippen MR) is 81.3 cm³/mol. The van der Waals surface area contributed by atoms with Crippen LogP contribution in [-0.2, 0) is 15.7 Å². The van der Waals surface area contributed by atoms with Gasteiger partial charge in [-0.2, -0.15) is 13.2 Å². The van der Waals surface area contributed by atoms with Crippen LogP contribution < -0.4 is 5.32 Å². The zero-order valence-electron chi connectivity index (χ0n) is 13.4. The van der Waals surface area contributed by atoms with Crippen molar-refractivity contribution in [3.8, 4) is 0 Å². The highest BCUT2D eigenvalue weighted by atomic mass is 19.4. The summed E-state index contributed by atoms with van der Waals surface area (Å²) < 4.78 is 42.2. The Morgan fingerprint density at radius 3 is 2.38 bits per heavy atom. The Labute approximate surface area is 138 Å². The van der Waals surface area contributed by atoms with Gasteiger partial charge in [-0.3, -0.25) is 4.79 Å². The van der Waals surface area contributed by atoms with Crippen molar-refractivity contribution in [1.82, 2.24) is 5.32 Å². The lowest BCUT2D eigenvalue weighted by atomic mass is 9.86. The van der Waals surface area contributed by atoms with Crippen molar-refractivity contribution in [2.45, 2.75) is 44.8 Å². The van der Waals surface area contributed by atoms with Gasteiger partial charge in [-0.25, -0.2) is 4.79 Å². The normalized spacial score (nSPS) is 21.2. The van der Waals surface area contributed by atoms with E-state index in [0.717, 1.165) is 49.9 Å². The van der Waals surface area contributed by atoms with Crippen LogP contribution in [0.4, 0.5) is 13.2 Å². The number of ether oxygens (including phenoxy) is 1. The summed E-state index contributed by atoms with van der Waals surface area (Å²) in [6, 6.07) is 3.76. The maximum absolute atomic E-state index is 12.5. The van der Waals surface area contributed by atoms with E-state index in [1.165, 1.54) is 0 Å². The molecular formula is C17H20F3NO3. The highest BCUT2D eigenvalue weighted by Gasteiger charge is 2.30.